The molecule has 2 aromatic carbocycles. The third kappa shape index (κ3) is 25.1. The van der Waals surface area contributed by atoms with Crippen molar-refractivity contribution in [3.8, 4) is 11.1 Å². The number of nitrogens with one attached hydrogen (secondary N) is 5. The van der Waals surface area contributed by atoms with E-state index >= 15 is 0 Å². The van der Waals surface area contributed by atoms with Gasteiger partial charge in [0.2, 0.25) is 24.1 Å². The normalized spacial score (nSPS) is 17.5. The van der Waals surface area contributed by atoms with Crippen molar-refractivity contribution in [2.45, 2.75) is 97.2 Å². The number of aryl methyl sites for hydroxylation is 1. The van der Waals surface area contributed by atoms with Crippen LogP contribution in [-0.4, -0.2) is 176 Å². The third-order valence-electron chi connectivity index (χ3n) is 14.1. The molecule has 5 aliphatic heterocycles. The summed E-state index contributed by atoms with van der Waals surface area (Å²) >= 11 is 5.52. The number of carbonyl (C=O) groups excluding carboxylic acids is 6. The molecule has 5 aliphatic rings. The van der Waals surface area contributed by atoms with E-state index in [9.17, 15) is 28.8 Å². The Morgan fingerprint density at radius 1 is 1.01 bits per heavy atom. The molecule has 81 heavy (non-hydrogen) atoms. The molecule has 3 saturated heterocycles. The Bertz CT molecular complexity index is 2490. The van der Waals surface area contributed by atoms with Crippen LogP contribution in [0.5, 0.6) is 0 Å². The Morgan fingerprint density at radius 3 is 2.31 bits per heavy atom. The largest absolute Gasteiger partial charge is 3.00 e. The molecule has 0 aliphatic carbocycles. The van der Waals surface area contributed by atoms with Crippen molar-refractivity contribution >= 4 is 73.4 Å². The smallest absolute Gasteiger partial charge is 0.540 e. The van der Waals surface area contributed by atoms with Crippen LogP contribution in [0.15, 0.2) is 89.5 Å². The molecule has 7 N–H and O–H groups in total. The van der Waals surface area contributed by atoms with Crippen molar-refractivity contribution in [3.05, 3.63) is 114 Å². The van der Waals surface area contributed by atoms with E-state index < -0.39 is 5.54 Å². The number of fused-ring (bicyclic) bond motifs is 1. The number of pyridine rings is 1. The van der Waals surface area contributed by atoms with Crippen LogP contribution >= 0.6 is 25.1 Å². The van der Waals surface area contributed by atoms with E-state index in [1.165, 1.54) is 5.56 Å². The van der Waals surface area contributed by atoms with Gasteiger partial charge in [-0.15, -0.1) is 18.1 Å². The number of rotatable bonds is 18. The first-order chi connectivity index (χ1) is 38.1. The molecule has 22 heteroatoms. The maximum Gasteiger partial charge on any atom is 3.00 e. The minimum atomic E-state index is -0.770. The number of piperazine rings is 1. The maximum atomic E-state index is 12.9. The van der Waals surface area contributed by atoms with Crippen molar-refractivity contribution in [2.24, 2.45) is 16.6 Å². The van der Waals surface area contributed by atoms with Gasteiger partial charge in [-0.05, 0) is 81.0 Å². The molecule has 2 atom stereocenters. The fourth-order valence-electron chi connectivity index (χ4n) is 8.66. The molecule has 19 nitrogen and oxygen atoms in total. The first-order valence-electron chi connectivity index (χ1n) is 27.6. The molecule has 2 unspecified atom stereocenters. The van der Waals surface area contributed by atoms with Crippen LogP contribution in [0, 0.1) is 18.9 Å². The maximum absolute atomic E-state index is 12.9. The predicted octanol–water partition coefficient (Wildman–Crippen LogP) is 5.52. The van der Waals surface area contributed by atoms with Gasteiger partial charge in [0.25, 0.3) is 5.91 Å². The zero-order valence-corrected chi connectivity index (χ0v) is 51.6. The van der Waals surface area contributed by atoms with E-state index in [-0.39, 0.29) is 80.9 Å². The molecule has 3 fully saturated rings. The van der Waals surface area contributed by atoms with Gasteiger partial charge < -0.3 is 68.5 Å². The zero-order chi connectivity index (χ0) is 57.6. The van der Waals surface area contributed by atoms with E-state index in [4.69, 9.17) is 17.3 Å². The van der Waals surface area contributed by atoms with Crippen LogP contribution in [0.1, 0.15) is 95.1 Å². The SMILES string of the molecule is CCCCCCNC(=O)c1ncc(-c2cccc(CC)c2)cc1NC(=O)CNCC1CCN(C)C(=O)C1.CCN(C)C(C)=O.Clc1cc[c-]cc1.NC1([C-]=O)CCN(C2=C3C=CNC3N=CN2)CC1.S.[CH2-]CN1CCN(C=O)CC1.[Rh+3]. The summed E-state index contributed by atoms with van der Waals surface area (Å²) in [4.78, 5) is 87.4. The Morgan fingerprint density at radius 2 is 1.73 bits per heavy atom. The summed E-state index contributed by atoms with van der Waals surface area (Å²) in [5.74, 6) is 1.01. The van der Waals surface area contributed by atoms with Gasteiger partial charge in [-0.3, -0.25) is 24.0 Å². The molecule has 0 saturated carbocycles. The molecule has 0 spiro atoms. The van der Waals surface area contributed by atoms with Crippen LogP contribution in [0.2, 0.25) is 5.02 Å². The van der Waals surface area contributed by atoms with E-state index in [1.807, 2.05) is 50.7 Å². The molecule has 0 bridgehead atoms. The van der Waals surface area contributed by atoms with Crippen molar-refractivity contribution in [2.75, 3.05) is 97.9 Å². The number of likely N-dealkylation sites (tertiary alicyclic amines) is 2. The molecular formula is C59H87ClN13O6RhS. The minimum absolute atomic E-state index is 0. The quantitative estimate of drug-likeness (QED) is 0.0400. The second-order valence-corrected chi connectivity index (χ2v) is 20.4. The van der Waals surface area contributed by atoms with Gasteiger partial charge in [-0.1, -0.05) is 67.9 Å². The summed E-state index contributed by atoms with van der Waals surface area (Å²) in [6.45, 7) is 20.4. The van der Waals surface area contributed by atoms with Crippen LogP contribution in [0.3, 0.4) is 0 Å². The number of anilines is 1. The molecule has 5 amide bonds. The first kappa shape index (κ1) is 71.4. The number of aromatic nitrogens is 1. The van der Waals surface area contributed by atoms with Crippen LogP contribution < -0.4 is 32.3 Å². The summed E-state index contributed by atoms with van der Waals surface area (Å²) in [5.41, 5.74) is 9.91. The van der Waals surface area contributed by atoms with Gasteiger partial charge in [0.05, 0.1) is 18.6 Å². The summed E-state index contributed by atoms with van der Waals surface area (Å²) < 4.78 is 0. The topological polar surface area (TPSA) is 230 Å². The standard InChI is InChI=1S/C29H41N5O3.C12H16N5O.C7H13N2O.C6H4Cl.C5H11NO.Rh.H2S/c1-4-6-7-8-13-31-29(37)28-25(17-24(19-32-28)23-11-9-10-21(5-2)15-23)33-26(35)20-30-18-22-12-14-34(3)27(36)16-22;13-12(7-18)2-5-17(6-3-12)11-9-1-4-14-10(9)15-8-16-11;1-2-8-3-5-9(7-10)6-4-8;7-6-4-2-1-3-5-6;1-4-6(3)5(2)7;;/h9-11,15,17,19,22,30H,4-8,12-14,16,18,20H2,1-3H3,(H,31,37)(H,33,35);1,4,8,10,14H,2-3,5-6,13H2,(H,15,16);7H,1-6H2;2-5H;4H2,1-3H3;;1H2/q;3*-1;;+3;. The number of hydrogen-bond acceptors (Lipinski definition) is 14. The number of nitrogens with two attached hydrogens (primary N) is 1. The molecule has 8 rings (SSSR count). The summed E-state index contributed by atoms with van der Waals surface area (Å²) in [6.07, 6.45) is 18.1. The van der Waals surface area contributed by atoms with Crippen LogP contribution in [0.25, 0.3) is 11.1 Å². The minimum Gasteiger partial charge on any atom is -0.540 e. The van der Waals surface area contributed by atoms with Gasteiger partial charge in [0.15, 0.2) is 5.69 Å². The number of halogens is 1. The number of amides is 5. The Labute approximate surface area is 506 Å². The fraction of sp³-hybridized carbons (Fsp3) is 0.508. The average molecular weight is 1240 g/mol. The summed E-state index contributed by atoms with van der Waals surface area (Å²) in [5, 5.41) is 16.1. The molecular weight excluding hydrogens is 1160 g/mol. The predicted molar refractivity (Wildman–Crippen MR) is 325 cm³/mol. The number of piperidine rings is 2. The summed E-state index contributed by atoms with van der Waals surface area (Å²) in [6, 6.07) is 20.0. The van der Waals surface area contributed by atoms with Crippen molar-refractivity contribution in [3.63, 3.8) is 0 Å². The van der Waals surface area contributed by atoms with Gasteiger partial charge in [0, 0.05) is 104 Å². The van der Waals surface area contributed by atoms with Crippen molar-refractivity contribution < 1.29 is 48.2 Å². The number of unbranched alkanes of at least 4 members (excludes halogenated alkanes) is 3. The number of hydrogen-bond donors (Lipinski definition) is 6. The fourth-order valence-corrected chi connectivity index (χ4v) is 8.78. The van der Waals surface area contributed by atoms with Gasteiger partial charge in [-0.2, -0.15) is 43.8 Å². The zero-order valence-electron chi connectivity index (χ0n) is 48.2. The van der Waals surface area contributed by atoms with E-state index in [0.717, 1.165) is 131 Å². The van der Waals surface area contributed by atoms with E-state index in [2.05, 4.69) is 85.3 Å². The molecule has 3 aromatic rings. The Hall–Kier alpha value is -5.70. The summed E-state index contributed by atoms with van der Waals surface area (Å²) in [7, 11) is 3.60. The number of benzene rings is 2. The molecule has 446 valence electrons. The van der Waals surface area contributed by atoms with Crippen LogP contribution in [0.4, 0.5) is 5.69 Å². The molecule has 1 aromatic heterocycles. The Kier molecular flexibility index (Phi) is 34.3. The molecule has 6 heterocycles. The van der Waals surface area contributed by atoms with Gasteiger partial charge >= 0.3 is 19.5 Å². The van der Waals surface area contributed by atoms with Crippen LogP contribution in [-0.2, 0) is 49.9 Å². The average Bonchev–Trinajstić information content (AvgIpc) is 4.03. The Balaban J connectivity index is 0.000000416. The number of aliphatic imine (C=N–C) groups is 1. The first-order valence-corrected chi connectivity index (χ1v) is 28.0. The van der Waals surface area contributed by atoms with E-state index in [1.54, 1.807) is 65.5 Å². The van der Waals surface area contributed by atoms with Gasteiger partial charge in [0.1, 0.15) is 12.0 Å². The second-order valence-electron chi connectivity index (χ2n) is 20.0. The number of carbonyl (C=O) groups is 5. The number of nitrogens with zero attached hydrogens (tertiary/aromatic N) is 7. The van der Waals surface area contributed by atoms with Crippen molar-refractivity contribution in [1.29, 1.82) is 0 Å². The molecule has 0 radical (unpaired) electrons. The van der Waals surface area contributed by atoms with Gasteiger partial charge in [-0.25, -0.2) is 16.3 Å². The van der Waals surface area contributed by atoms with E-state index in [0.29, 0.717) is 38.0 Å². The monoisotopic (exact) mass is 1240 g/mol. The third-order valence-corrected chi connectivity index (χ3v) is 14.3. The second kappa shape index (κ2) is 38.9. The van der Waals surface area contributed by atoms with Crippen molar-refractivity contribution in [1.82, 2.24) is 50.8 Å².